The molecule has 0 radical (unpaired) electrons. The van der Waals surface area contributed by atoms with Gasteiger partial charge in [-0.15, -0.1) is 0 Å². The standard InChI is InChI=1S/C10H15NO2/c1-7-2-3-10(13)8(4-7)5-9(11)6-12/h2-4,9,12-13H,5-6,11H2,1H3. The third-order valence-electron chi connectivity index (χ3n) is 1.95. The minimum absolute atomic E-state index is 0.0621. The molecule has 4 N–H and O–H groups in total. The Morgan fingerprint density at radius 1 is 1.46 bits per heavy atom. The molecule has 0 aliphatic heterocycles. The van der Waals surface area contributed by atoms with Gasteiger partial charge in [-0.3, -0.25) is 0 Å². The van der Waals surface area contributed by atoms with Gasteiger partial charge in [-0.05, 0) is 25.0 Å². The van der Waals surface area contributed by atoms with E-state index < -0.39 is 0 Å². The van der Waals surface area contributed by atoms with Gasteiger partial charge < -0.3 is 15.9 Å². The first-order valence-electron chi connectivity index (χ1n) is 4.28. The van der Waals surface area contributed by atoms with Crippen LogP contribution in [0.2, 0.25) is 0 Å². The molecular weight excluding hydrogens is 166 g/mol. The second-order valence-corrected chi connectivity index (χ2v) is 3.28. The Morgan fingerprint density at radius 2 is 2.15 bits per heavy atom. The smallest absolute Gasteiger partial charge is 0.118 e. The lowest BCUT2D eigenvalue weighted by Crippen LogP contribution is -2.26. The van der Waals surface area contributed by atoms with Gasteiger partial charge in [0.05, 0.1) is 6.61 Å². The fourth-order valence-corrected chi connectivity index (χ4v) is 1.22. The maximum absolute atomic E-state index is 9.44. The molecule has 3 nitrogen and oxygen atoms in total. The van der Waals surface area contributed by atoms with Crippen LogP contribution in [0.5, 0.6) is 5.75 Å². The van der Waals surface area contributed by atoms with Crippen molar-refractivity contribution in [3.05, 3.63) is 29.3 Å². The predicted octanol–water partition coefficient (Wildman–Crippen LogP) is 0.563. The van der Waals surface area contributed by atoms with Crippen LogP contribution in [0.3, 0.4) is 0 Å². The van der Waals surface area contributed by atoms with Crippen LogP contribution in [0, 0.1) is 6.92 Å². The number of phenols is 1. The SMILES string of the molecule is Cc1ccc(O)c(CC(N)CO)c1. The van der Waals surface area contributed by atoms with E-state index in [4.69, 9.17) is 10.8 Å². The zero-order valence-corrected chi connectivity index (χ0v) is 7.70. The van der Waals surface area contributed by atoms with Crippen molar-refractivity contribution < 1.29 is 10.2 Å². The third kappa shape index (κ3) is 2.72. The fourth-order valence-electron chi connectivity index (χ4n) is 1.22. The Labute approximate surface area is 77.8 Å². The van der Waals surface area contributed by atoms with E-state index in [1.165, 1.54) is 0 Å². The molecule has 0 bridgehead atoms. The van der Waals surface area contributed by atoms with E-state index in [2.05, 4.69) is 0 Å². The molecule has 0 fully saturated rings. The summed E-state index contributed by atoms with van der Waals surface area (Å²) in [4.78, 5) is 0. The van der Waals surface area contributed by atoms with Crippen molar-refractivity contribution in [3.63, 3.8) is 0 Å². The van der Waals surface area contributed by atoms with Gasteiger partial charge in [0, 0.05) is 6.04 Å². The van der Waals surface area contributed by atoms with E-state index in [0.29, 0.717) is 6.42 Å². The molecule has 1 unspecified atom stereocenters. The molecule has 0 aromatic heterocycles. The molecule has 72 valence electrons. The lowest BCUT2D eigenvalue weighted by molar-refractivity contribution is 0.264. The fraction of sp³-hybridized carbons (Fsp3) is 0.400. The molecule has 1 rings (SSSR count). The number of aliphatic hydroxyl groups excluding tert-OH is 1. The maximum atomic E-state index is 9.44. The number of aryl methyl sites for hydroxylation is 1. The summed E-state index contributed by atoms with van der Waals surface area (Å²) in [6, 6.07) is 5.07. The number of aliphatic hydroxyl groups is 1. The van der Waals surface area contributed by atoms with Crippen molar-refractivity contribution in [2.45, 2.75) is 19.4 Å². The summed E-state index contributed by atoms with van der Waals surface area (Å²) in [5.74, 6) is 0.245. The van der Waals surface area contributed by atoms with Crippen LogP contribution in [0.25, 0.3) is 0 Å². The van der Waals surface area contributed by atoms with Crippen LogP contribution in [-0.2, 0) is 6.42 Å². The third-order valence-corrected chi connectivity index (χ3v) is 1.95. The van der Waals surface area contributed by atoms with Gasteiger partial charge in [0.15, 0.2) is 0 Å². The summed E-state index contributed by atoms with van der Waals surface area (Å²) in [5, 5.41) is 18.2. The Kier molecular flexibility index (Phi) is 3.28. The van der Waals surface area contributed by atoms with Crippen molar-refractivity contribution >= 4 is 0 Å². The average Bonchev–Trinajstić information content (AvgIpc) is 2.11. The Balaban J connectivity index is 2.81. The highest BCUT2D eigenvalue weighted by Gasteiger charge is 2.06. The minimum Gasteiger partial charge on any atom is -0.508 e. The monoisotopic (exact) mass is 181 g/mol. The van der Waals surface area contributed by atoms with Crippen molar-refractivity contribution in [1.29, 1.82) is 0 Å². The van der Waals surface area contributed by atoms with Crippen molar-refractivity contribution in [1.82, 2.24) is 0 Å². The molecular formula is C10H15NO2. The highest BCUT2D eigenvalue weighted by Crippen LogP contribution is 2.19. The van der Waals surface area contributed by atoms with Gasteiger partial charge in [-0.1, -0.05) is 17.7 Å². The summed E-state index contributed by atoms with van der Waals surface area (Å²) in [5.41, 5.74) is 7.44. The Bertz CT molecular complexity index is 286. The first kappa shape index (κ1) is 10.0. The van der Waals surface area contributed by atoms with Gasteiger partial charge in [0.1, 0.15) is 5.75 Å². The first-order valence-corrected chi connectivity index (χ1v) is 4.28. The highest BCUT2D eigenvalue weighted by atomic mass is 16.3. The molecule has 1 aromatic carbocycles. The maximum Gasteiger partial charge on any atom is 0.118 e. The normalized spacial score (nSPS) is 12.8. The van der Waals surface area contributed by atoms with Crippen molar-refractivity contribution in [3.8, 4) is 5.75 Å². The van der Waals surface area contributed by atoms with Crippen LogP contribution in [0.4, 0.5) is 0 Å². The summed E-state index contributed by atoms with van der Waals surface area (Å²) >= 11 is 0. The second-order valence-electron chi connectivity index (χ2n) is 3.28. The van der Waals surface area contributed by atoms with E-state index in [1.54, 1.807) is 6.07 Å². The lowest BCUT2D eigenvalue weighted by atomic mass is 10.0. The van der Waals surface area contributed by atoms with Crippen LogP contribution in [0.15, 0.2) is 18.2 Å². The van der Waals surface area contributed by atoms with Crippen LogP contribution in [0.1, 0.15) is 11.1 Å². The number of nitrogens with two attached hydrogens (primary N) is 1. The molecule has 0 spiro atoms. The summed E-state index contributed by atoms with van der Waals surface area (Å²) in [6.45, 7) is 1.89. The molecule has 1 atom stereocenters. The average molecular weight is 181 g/mol. The number of benzene rings is 1. The van der Waals surface area contributed by atoms with E-state index in [1.807, 2.05) is 19.1 Å². The largest absolute Gasteiger partial charge is 0.508 e. The molecule has 0 aliphatic rings. The second kappa shape index (κ2) is 4.25. The molecule has 1 aromatic rings. The van der Waals surface area contributed by atoms with Gasteiger partial charge in [-0.25, -0.2) is 0 Å². The van der Waals surface area contributed by atoms with Crippen LogP contribution in [-0.4, -0.2) is 22.9 Å². The summed E-state index contributed by atoms with van der Waals surface area (Å²) < 4.78 is 0. The molecule has 3 heteroatoms. The predicted molar refractivity (Wildman–Crippen MR) is 51.6 cm³/mol. The zero-order chi connectivity index (χ0) is 9.84. The zero-order valence-electron chi connectivity index (χ0n) is 7.70. The van der Waals surface area contributed by atoms with Gasteiger partial charge in [0.2, 0.25) is 0 Å². The highest BCUT2D eigenvalue weighted by molar-refractivity contribution is 5.36. The summed E-state index contributed by atoms with van der Waals surface area (Å²) in [7, 11) is 0. The lowest BCUT2D eigenvalue weighted by Gasteiger charge is -2.10. The summed E-state index contributed by atoms with van der Waals surface area (Å²) in [6.07, 6.45) is 0.504. The van der Waals surface area contributed by atoms with Gasteiger partial charge in [-0.2, -0.15) is 0 Å². The Hall–Kier alpha value is -1.06. The minimum atomic E-state index is -0.298. The molecule has 0 saturated heterocycles. The number of phenolic OH excluding ortho intramolecular Hbond substituents is 1. The number of rotatable bonds is 3. The molecule has 0 heterocycles. The molecule has 13 heavy (non-hydrogen) atoms. The number of hydrogen-bond donors (Lipinski definition) is 3. The molecule has 0 saturated carbocycles. The number of aromatic hydroxyl groups is 1. The Morgan fingerprint density at radius 3 is 2.77 bits per heavy atom. The van der Waals surface area contributed by atoms with Gasteiger partial charge in [0.25, 0.3) is 0 Å². The van der Waals surface area contributed by atoms with Crippen molar-refractivity contribution in [2.75, 3.05) is 6.61 Å². The van der Waals surface area contributed by atoms with E-state index in [-0.39, 0.29) is 18.4 Å². The quantitative estimate of drug-likeness (QED) is 0.638. The molecule has 0 aliphatic carbocycles. The van der Waals surface area contributed by atoms with E-state index >= 15 is 0 Å². The van der Waals surface area contributed by atoms with Crippen molar-refractivity contribution in [2.24, 2.45) is 5.73 Å². The topological polar surface area (TPSA) is 66.5 Å². The van der Waals surface area contributed by atoms with Gasteiger partial charge >= 0.3 is 0 Å². The number of hydrogen-bond acceptors (Lipinski definition) is 3. The van der Waals surface area contributed by atoms with Crippen LogP contribution < -0.4 is 5.73 Å². The first-order chi connectivity index (χ1) is 6.13. The van der Waals surface area contributed by atoms with E-state index in [9.17, 15) is 5.11 Å². The van der Waals surface area contributed by atoms with E-state index in [0.717, 1.165) is 11.1 Å². The van der Waals surface area contributed by atoms with Crippen LogP contribution >= 0.6 is 0 Å². The molecule has 0 amide bonds.